The molecule has 140 valence electrons. The molecule has 1 aromatic rings. The van der Waals surface area contributed by atoms with Crippen molar-refractivity contribution in [1.29, 1.82) is 0 Å². The van der Waals surface area contributed by atoms with E-state index in [0.717, 1.165) is 24.1 Å². The molecule has 0 bridgehead atoms. The smallest absolute Gasteiger partial charge is 0.193 e. The number of pyridine rings is 1. The molecule has 0 spiro atoms. The van der Waals surface area contributed by atoms with Crippen molar-refractivity contribution in [1.82, 2.24) is 10.3 Å². The molecule has 2 aliphatic carbocycles. The molecule has 0 saturated heterocycles. The molecule has 0 radical (unpaired) electrons. The minimum atomic E-state index is -1.65. The molecule has 2 saturated carbocycles. The van der Waals surface area contributed by atoms with Gasteiger partial charge in [-0.25, -0.2) is 0 Å². The molecule has 25 heavy (non-hydrogen) atoms. The Hall–Kier alpha value is -0.713. The van der Waals surface area contributed by atoms with E-state index >= 15 is 0 Å². The van der Waals surface area contributed by atoms with Crippen LogP contribution in [0.4, 0.5) is 0 Å². The van der Waals surface area contributed by atoms with Crippen LogP contribution >= 0.6 is 0 Å². The quantitative estimate of drug-likeness (QED) is 0.617. The minimum Gasteiger partial charge on any atom is -0.407 e. The van der Waals surface area contributed by atoms with E-state index in [2.05, 4.69) is 57.1 Å². The van der Waals surface area contributed by atoms with Crippen LogP contribution in [0.3, 0.4) is 0 Å². The monoisotopic (exact) mass is 360 g/mol. The van der Waals surface area contributed by atoms with Crippen molar-refractivity contribution in [3.8, 4) is 0 Å². The first kappa shape index (κ1) is 19.1. The highest BCUT2D eigenvalue weighted by Gasteiger charge is 2.61. The van der Waals surface area contributed by atoms with Crippen molar-refractivity contribution >= 4 is 8.32 Å². The lowest BCUT2D eigenvalue weighted by molar-refractivity contribution is 0.174. The van der Waals surface area contributed by atoms with Crippen LogP contribution in [0.1, 0.15) is 59.3 Å². The topological polar surface area (TPSA) is 34.1 Å². The van der Waals surface area contributed by atoms with E-state index < -0.39 is 8.32 Å². The number of fused-ring (bicyclic) bond motifs is 1. The Morgan fingerprint density at radius 2 is 1.80 bits per heavy atom. The van der Waals surface area contributed by atoms with E-state index in [9.17, 15) is 0 Å². The minimum absolute atomic E-state index is 0.0950. The Labute approximate surface area is 155 Å². The number of nitrogens with zero attached hydrogens (tertiary/aromatic N) is 1. The van der Waals surface area contributed by atoms with Crippen LogP contribution in [0.25, 0.3) is 0 Å². The van der Waals surface area contributed by atoms with E-state index in [-0.39, 0.29) is 6.10 Å². The number of nitrogens with one attached hydrogen (secondary N) is 1. The molecular formula is C21H36N2OSi. The Kier molecular flexibility index (Phi) is 5.71. The predicted octanol–water partition coefficient (Wildman–Crippen LogP) is 5.17. The maximum Gasteiger partial charge on any atom is 0.193 e. The molecule has 4 atom stereocenters. The third-order valence-electron chi connectivity index (χ3n) is 7.30. The van der Waals surface area contributed by atoms with Crippen molar-refractivity contribution < 1.29 is 4.43 Å². The fourth-order valence-corrected chi connectivity index (χ4v) is 7.83. The van der Waals surface area contributed by atoms with Gasteiger partial charge in [-0.15, -0.1) is 0 Å². The number of rotatable bonds is 9. The summed E-state index contributed by atoms with van der Waals surface area (Å²) in [4.78, 5) is 4.62. The molecule has 2 fully saturated rings. The van der Waals surface area contributed by atoms with Gasteiger partial charge in [0.15, 0.2) is 8.32 Å². The fourth-order valence-electron chi connectivity index (χ4n) is 5.02. The van der Waals surface area contributed by atoms with Gasteiger partial charge in [0, 0.05) is 18.8 Å². The van der Waals surface area contributed by atoms with Crippen LogP contribution in [0.5, 0.6) is 0 Å². The van der Waals surface area contributed by atoms with E-state index in [0.29, 0.717) is 11.5 Å². The standard InChI is InChI=1S/C21H36N2OSi/c1-6-25(7-2,8-3)24-20(19-11-9-10-12-22-19)15-23-16-13-17-18(14-16)21(17,4)5/h9-12,16-18,20,23H,6-8,13-15H2,1-5H3/t16?,17-,18+,20?. The lowest BCUT2D eigenvalue weighted by Gasteiger charge is -2.34. The van der Waals surface area contributed by atoms with Gasteiger partial charge in [0.1, 0.15) is 0 Å². The summed E-state index contributed by atoms with van der Waals surface area (Å²) in [5, 5.41) is 3.83. The van der Waals surface area contributed by atoms with E-state index in [4.69, 9.17) is 4.43 Å². The maximum atomic E-state index is 6.82. The molecule has 2 aliphatic rings. The average molecular weight is 361 g/mol. The lowest BCUT2D eigenvalue weighted by atomic mass is 9.98. The molecule has 3 rings (SSSR count). The zero-order chi connectivity index (χ0) is 18.1. The molecule has 1 N–H and O–H groups in total. The summed E-state index contributed by atoms with van der Waals surface area (Å²) < 4.78 is 6.82. The van der Waals surface area contributed by atoms with Crippen LogP contribution in [-0.4, -0.2) is 25.9 Å². The third kappa shape index (κ3) is 3.86. The van der Waals surface area contributed by atoms with Gasteiger partial charge < -0.3 is 9.74 Å². The SMILES string of the molecule is CC[Si](CC)(CC)OC(CNC1C[C@@H]2[C@H](C1)C2(C)C)c1ccccn1. The van der Waals surface area contributed by atoms with Crippen molar-refractivity contribution in [2.75, 3.05) is 6.54 Å². The second-order valence-corrected chi connectivity index (χ2v) is 13.4. The summed E-state index contributed by atoms with van der Waals surface area (Å²) in [6.45, 7) is 12.7. The second-order valence-electron chi connectivity index (χ2n) is 8.72. The number of hydrogen-bond acceptors (Lipinski definition) is 3. The van der Waals surface area contributed by atoms with Crippen LogP contribution in [0, 0.1) is 17.3 Å². The Morgan fingerprint density at radius 1 is 1.16 bits per heavy atom. The van der Waals surface area contributed by atoms with Crippen LogP contribution < -0.4 is 5.32 Å². The largest absolute Gasteiger partial charge is 0.407 e. The van der Waals surface area contributed by atoms with Gasteiger partial charge in [-0.3, -0.25) is 4.98 Å². The predicted molar refractivity (Wildman–Crippen MR) is 107 cm³/mol. The molecule has 1 heterocycles. The van der Waals surface area contributed by atoms with Crippen LogP contribution in [-0.2, 0) is 4.43 Å². The summed E-state index contributed by atoms with van der Waals surface area (Å²) in [5.41, 5.74) is 1.69. The van der Waals surface area contributed by atoms with Crippen LogP contribution in [0.15, 0.2) is 24.4 Å². The van der Waals surface area contributed by atoms with Crippen molar-refractivity contribution in [3.63, 3.8) is 0 Å². The Balaban J connectivity index is 1.63. The summed E-state index contributed by atoms with van der Waals surface area (Å²) in [7, 11) is -1.65. The van der Waals surface area contributed by atoms with Crippen molar-refractivity contribution in [2.45, 2.75) is 77.7 Å². The van der Waals surface area contributed by atoms with Gasteiger partial charge in [0.25, 0.3) is 0 Å². The molecule has 0 aliphatic heterocycles. The summed E-state index contributed by atoms with van der Waals surface area (Å²) in [6.07, 6.45) is 4.67. The molecular weight excluding hydrogens is 324 g/mol. The van der Waals surface area contributed by atoms with E-state index in [1.807, 2.05) is 12.3 Å². The third-order valence-corrected chi connectivity index (χ3v) is 12.0. The van der Waals surface area contributed by atoms with Gasteiger partial charge >= 0.3 is 0 Å². The number of hydrogen-bond donors (Lipinski definition) is 1. The summed E-state index contributed by atoms with van der Waals surface area (Å²) in [5.74, 6) is 1.88. The van der Waals surface area contributed by atoms with Gasteiger partial charge in [0.2, 0.25) is 0 Å². The highest BCUT2D eigenvalue weighted by molar-refractivity contribution is 6.73. The first-order valence-electron chi connectivity index (χ1n) is 10.3. The van der Waals surface area contributed by atoms with E-state index in [1.54, 1.807) is 0 Å². The van der Waals surface area contributed by atoms with Crippen molar-refractivity contribution in [3.05, 3.63) is 30.1 Å². The zero-order valence-electron chi connectivity index (χ0n) is 16.7. The average Bonchev–Trinajstić information content (AvgIpc) is 2.99. The molecule has 3 nitrogen and oxygen atoms in total. The van der Waals surface area contributed by atoms with Crippen LogP contribution in [0.2, 0.25) is 18.1 Å². The van der Waals surface area contributed by atoms with Gasteiger partial charge in [-0.05, 0) is 60.4 Å². The molecule has 4 heteroatoms. The van der Waals surface area contributed by atoms with Gasteiger partial charge in [-0.2, -0.15) is 0 Å². The first-order valence-corrected chi connectivity index (χ1v) is 12.8. The highest BCUT2D eigenvalue weighted by atomic mass is 28.4. The number of aromatic nitrogens is 1. The summed E-state index contributed by atoms with van der Waals surface area (Å²) in [6, 6.07) is 10.4. The Morgan fingerprint density at radius 3 is 2.32 bits per heavy atom. The lowest BCUT2D eigenvalue weighted by Crippen LogP contribution is -2.41. The second kappa shape index (κ2) is 7.49. The van der Waals surface area contributed by atoms with Gasteiger partial charge in [0.05, 0.1) is 11.8 Å². The molecule has 0 aromatic carbocycles. The van der Waals surface area contributed by atoms with Gasteiger partial charge in [-0.1, -0.05) is 40.7 Å². The first-order chi connectivity index (χ1) is 12.0. The molecule has 1 aromatic heterocycles. The highest BCUT2D eigenvalue weighted by Crippen LogP contribution is 2.66. The zero-order valence-corrected chi connectivity index (χ0v) is 17.7. The van der Waals surface area contributed by atoms with Crippen molar-refractivity contribution in [2.24, 2.45) is 17.3 Å². The fraction of sp³-hybridized carbons (Fsp3) is 0.762. The molecule has 0 amide bonds. The Bertz CT molecular complexity index is 536. The molecule has 2 unspecified atom stereocenters. The normalized spacial score (nSPS) is 28.6. The van der Waals surface area contributed by atoms with E-state index in [1.165, 1.54) is 31.0 Å². The maximum absolute atomic E-state index is 6.82. The summed E-state index contributed by atoms with van der Waals surface area (Å²) >= 11 is 0.